The quantitative estimate of drug-likeness (QED) is 0.437. The first-order chi connectivity index (χ1) is 11.5. The number of sulfonamides is 1. The third-order valence-corrected chi connectivity index (χ3v) is 5.85. The minimum atomic E-state index is -4.09. The maximum absolute atomic E-state index is 11.4. The van der Waals surface area contributed by atoms with Crippen molar-refractivity contribution in [1.29, 1.82) is 0 Å². The number of nitrogens with two attached hydrogens (primary N) is 1. The van der Waals surface area contributed by atoms with Crippen LogP contribution in [0, 0.1) is 16.0 Å². The van der Waals surface area contributed by atoms with Crippen LogP contribution < -0.4 is 5.14 Å². The summed E-state index contributed by atoms with van der Waals surface area (Å²) in [6.45, 7) is 1.27. The third kappa shape index (κ3) is 4.64. The maximum atomic E-state index is 11.4. The second kappa shape index (κ2) is 7.12. The summed E-state index contributed by atoms with van der Waals surface area (Å²) in [4.78, 5) is 10.3. The largest absolute Gasteiger partial charge is 0.393 e. The number of allylic oxidation sites excluding steroid dienone is 1. The number of ether oxygens (including phenoxy) is 1. The lowest BCUT2D eigenvalue weighted by Crippen LogP contribution is -2.52. The van der Waals surface area contributed by atoms with Crippen LogP contribution in [0.1, 0.15) is 32.6 Å². The summed E-state index contributed by atoms with van der Waals surface area (Å²) in [5, 5.41) is 36.1. The fourth-order valence-corrected chi connectivity index (χ4v) is 3.74. The molecule has 0 aliphatic heterocycles. The molecule has 1 fully saturated rings. The number of rotatable bonds is 6. The Hall–Kier alpha value is -1.33. The lowest BCUT2D eigenvalue weighted by atomic mass is 9.80. The molecular formula is C15H24N2O7S. The van der Waals surface area contributed by atoms with E-state index in [1.165, 1.54) is 6.08 Å². The van der Waals surface area contributed by atoms with Crippen molar-refractivity contribution in [3.8, 4) is 0 Å². The zero-order chi connectivity index (χ0) is 18.9. The van der Waals surface area contributed by atoms with Gasteiger partial charge in [0.25, 0.3) is 6.04 Å². The number of hydrogen-bond donors (Lipinski definition) is 3. The van der Waals surface area contributed by atoms with Gasteiger partial charge in [-0.3, -0.25) is 10.1 Å². The summed E-state index contributed by atoms with van der Waals surface area (Å²) < 4.78 is 28.6. The van der Waals surface area contributed by atoms with Gasteiger partial charge in [0.1, 0.15) is 0 Å². The molecule has 1 unspecified atom stereocenters. The van der Waals surface area contributed by atoms with Crippen LogP contribution in [0.2, 0.25) is 0 Å². The van der Waals surface area contributed by atoms with Gasteiger partial charge in [0.15, 0.2) is 5.60 Å². The number of nitro groups is 1. The normalized spacial score (nSPS) is 36.1. The van der Waals surface area contributed by atoms with E-state index in [9.17, 15) is 28.7 Å². The Bertz CT molecular complexity index is 676. The number of nitrogens with zero attached hydrogens (tertiary/aromatic N) is 1. The van der Waals surface area contributed by atoms with Gasteiger partial charge in [-0.2, -0.15) is 0 Å². The lowest BCUT2D eigenvalue weighted by Gasteiger charge is -2.36. The third-order valence-electron chi connectivity index (χ3n) is 4.93. The van der Waals surface area contributed by atoms with Gasteiger partial charge in [-0.15, -0.1) is 0 Å². The fourth-order valence-electron chi connectivity index (χ4n) is 3.17. The Morgan fingerprint density at radius 3 is 2.52 bits per heavy atom. The van der Waals surface area contributed by atoms with Gasteiger partial charge in [0.2, 0.25) is 10.0 Å². The highest BCUT2D eigenvalue weighted by Gasteiger charge is 2.48. The van der Waals surface area contributed by atoms with Crippen molar-refractivity contribution in [2.24, 2.45) is 11.1 Å². The summed E-state index contributed by atoms with van der Waals surface area (Å²) >= 11 is 0. The molecule has 25 heavy (non-hydrogen) atoms. The molecule has 2 atom stereocenters. The highest BCUT2D eigenvalue weighted by atomic mass is 32.2. The Morgan fingerprint density at radius 1 is 1.44 bits per heavy atom. The van der Waals surface area contributed by atoms with E-state index in [2.05, 4.69) is 0 Å². The zero-order valence-electron chi connectivity index (χ0n) is 14.0. The van der Waals surface area contributed by atoms with E-state index >= 15 is 0 Å². The average Bonchev–Trinajstić information content (AvgIpc) is 2.52. The molecule has 142 valence electrons. The van der Waals surface area contributed by atoms with Crippen molar-refractivity contribution in [1.82, 2.24) is 0 Å². The van der Waals surface area contributed by atoms with Gasteiger partial charge in [-0.25, -0.2) is 13.6 Å². The number of aliphatic hydroxyl groups excluding tert-OH is 1. The Kier molecular flexibility index (Phi) is 5.69. The molecule has 0 spiro atoms. The Balaban J connectivity index is 2.14. The van der Waals surface area contributed by atoms with Crippen LogP contribution in [0.4, 0.5) is 0 Å². The average molecular weight is 376 g/mol. The predicted octanol–water partition coefficient (Wildman–Crippen LogP) is 0.0628. The molecule has 9 nitrogen and oxygen atoms in total. The highest BCUT2D eigenvalue weighted by molar-refractivity contribution is 7.93. The Labute approximate surface area is 146 Å². The monoisotopic (exact) mass is 376 g/mol. The number of primary sulfonamides is 1. The first kappa shape index (κ1) is 20.0. The van der Waals surface area contributed by atoms with Gasteiger partial charge in [0.05, 0.1) is 23.7 Å². The molecule has 4 N–H and O–H groups in total. The summed E-state index contributed by atoms with van der Waals surface area (Å²) in [7, 11) is -4.09. The summed E-state index contributed by atoms with van der Waals surface area (Å²) in [6.07, 6.45) is 5.85. The van der Waals surface area contributed by atoms with Crippen LogP contribution in [0.3, 0.4) is 0 Å². The van der Waals surface area contributed by atoms with Crippen LogP contribution >= 0.6 is 0 Å². The molecule has 0 aromatic carbocycles. The maximum Gasteiger partial charge on any atom is 0.267 e. The number of aliphatic hydroxyl groups is 2. The van der Waals surface area contributed by atoms with E-state index in [1.54, 1.807) is 6.92 Å². The van der Waals surface area contributed by atoms with Crippen LogP contribution in [-0.4, -0.2) is 54.0 Å². The van der Waals surface area contributed by atoms with E-state index in [0.717, 1.165) is 12.2 Å². The SMILES string of the molecule is CC1(O)CCC(CO[C@]2(CO)C=CC(S(N)(=O)=O)=CC2[N+](=O)[O-])CC1. The Morgan fingerprint density at radius 2 is 2.04 bits per heavy atom. The van der Waals surface area contributed by atoms with Crippen molar-refractivity contribution in [2.75, 3.05) is 13.2 Å². The second-order valence-corrected chi connectivity index (χ2v) is 8.60. The van der Waals surface area contributed by atoms with Crippen LogP contribution in [0.25, 0.3) is 0 Å². The van der Waals surface area contributed by atoms with E-state index in [1.807, 2.05) is 0 Å². The molecule has 0 heterocycles. The molecule has 0 aromatic rings. The van der Waals surface area contributed by atoms with E-state index in [0.29, 0.717) is 25.7 Å². The van der Waals surface area contributed by atoms with Gasteiger partial charge in [-0.05, 0) is 50.7 Å². The van der Waals surface area contributed by atoms with E-state index in [4.69, 9.17) is 9.88 Å². The topological polar surface area (TPSA) is 153 Å². The van der Waals surface area contributed by atoms with Crippen molar-refractivity contribution in [2.45, 2.75) is 49.9 Å². The molecule has 2 aliphatic rings. The van der Waals surface area contributed by atoms with E-state index < -0.39 is 38.8 Å². The van der Waals surface area contributed by atoms with Gasteiger partial charge >= 0.3 is 0 Å². The van der Waals surface area contributed by atoms with Crippen LogP contribution in [-0.2, 0) is 14.8 Å². The van der Waals surface area contributed by atoms with Gasteiger partial charge < -0.3 is 14.9 Å². The minimum absolute atomic E-state index is 0.105. The second-order valence-electron chi connectivity index (χ2n) is 7.04. The van der Waals surface area contributed by atoms with Crippen molar-refractivity contribution >= 4 is 10.0 Å². The lowest BCUT2D eigenvalue weighted by molar-refractivity contribution is -0.531. The molecule has 0 bridgehead atoms. The predicted molar refractivity (Wildman–Crippen MR) is 89.5 cm³/mol. The first-order valence-electron chi connectivity index (χ1n) is 8.04. The molecule has 1 saturated carbocycles. The standard InChI is InChI=1S/C15H24N2O7S/c1-14(19)5-2-11(3-6-14)9-24-15(10-18)7-4-12(25(16,22)23)8-13(15)17(20)21/h4,7-8,11,13,18-19H,2-3,5-6,9-10H2,1H3,(H2,16,22,23)/t11?,13?,14?,15-/m0/s1. The van der Waals surface area contributed by atoms with Crippen LogP contribution in [0.5, 0.6) is 0 Å². The molecule has 0 aromatic heterocycles. The summed E-state index contributed by atoms with van der Waals surface area (Å²) in [5.41, 5.74) is -2.34. The number of hydrogen-bond acceptors (Lipinski definition) is 7. The van der Waals surface area contributed by atoms with Crippen molar-refractivity contribution < 1.29 is 28.3 Å². The molecule has 10 heteroatoms. The van der Waals surface area contributed by atoms with Crippen molar-refractivity contribution in [3.05, 3.63) is 33.2 Å². The van der Waals surface area contributed by atoms with E-state index in [-0.39, 0.29) is 17.4 Å². The first-order valence-corrected chi connectivity index (χ1v) is 9.58. The van der Waals surface area contributed by atoms with Crippen molar-refractivity contribution in [3.63, 3.8) is 0 Å². The van der Waals surface area contributed by atoms with Crippen LogP contribution in [0.15, 0.2) is 23.1 Å². The minimum Gasteiger partial charge on any atom is -0.393 e. The molecule has 2 aliphatic carbocycles. The van der Waals surface area contributed by atoms with Gasteiger partial charge in [0, 0.05) is 11.0 Å². The molecule has 0 saturated heterocycles. The molecular weight excluding hydrogens is 352 g/mol. The summed E-state index contributed by atoms with van der Waals surface area (Å²) in [6, 6.07) is -1.57. The smallest absolute Gasteiger partial charge is 0.267 e. The molecule has 2 rings (SSSR count). The molecule has 0 amide bonds. The van der Waals surface area contributed by atoms with Gasteiger partial charge in [-0.1, -0.05) is 0 Å². The molecule has 0 radical (unpaired) electrons. The highest BCUT2D eigenvalue weighted by Crippen LogP contribution is 2.34. The zero-order valence-corrected chi connectivity index (χ0v) is 14.8. The fraction of sp³-hybridized carbons (Fsp3) is 0.733. The summed E-state index contributed by atoms with van der Waals surface area (Å²) in [5.74, 6) is 0.105.